The number of rotatable bonds is 4. The molecule has 120 valence electrons. The minimum atomic E-state index is -0.0578. The number of hydrogen-bond donors (Lipinski definition) is 1. The highest BCUT2D eigenvalue weighted by Gasteiger charge is 2.31. The van der Waals surface area contributed by atoms with Crippen LogP contribution >= 0.6 is 0 Å². The Bertz CT molecular complexity index is 679. The lowest BCUT2D eigenvalue weighted by molar-refractivity contribution is 0.0138. The summed E-state index contributed by atoms with van der Waals surface area (Å²) in [6.07, 6.45) is 1.51. The van der Waals surface area contributed by atoms with E-state index in [4.69, 9.17) is 0 Å². The van der Waals surface area contributed by atoms with Gasteiger partial charge in [-0.05, 0) is 28.6 Å². The largest absolute Gasteiger partial charge is 0.350 e. The Kier molecular flexibility index (Phi) is 3.76. The molecule has 3 aliphatic rings. The van der Waals surface area contributed by atoms with Crippen LogP contribution in [0.1, 0.15) is 10.4 Å². The van der Waals surface area contributed by atoms with Crippen LogP contribution in [0.4, 0.5) is 0 Å². The van der Waals surface area contributed by atoms with E-state index >= 15 is 0 Å². The maximum Gasteiger partial charge on any atom is 0.251 e. The zero-order valence-corrected chi connectivity index (χ0v) is 12.8. The van der Waals surface area contributed by atoms with Gasteiger partial charge in [-0.1, -0.05) is 6.07 Å². The van der Waals surface area contributed by atoms with Crippen molar-refractivity contribution >= 4 is 5.91 Å². The Morgan fingerprint density at radius 2 is 2.13 bits per heavy atom. The molecule has 1 unspecified atom stereocenters. The quantitative estimate of drug-likeness (QED) is 0.811. The summed E-state index contributed by atoms with van der Waals surface area (Å²) >= 11 is 0. The molecule has 0 saturated carbocycles. The van der Waals surface area contributed by atoms with Crippen LogP contribution in [0.3, 0.4) is 0 Å². The minimum Gasteiger partial charge on any atom is -0.350 e. The molecule has 1 N–H and O–H groups in total. The molecule has 3 aliphatic heterocycles. The van der Waals surface area contributed by atoms with E-state index in [0.717, 1.165) is 38.4 Å². The summed E-state index contributed by atoms with van der Waals surface area (Å²) in [5.41, 5.74) is 1.39. The molecular formula is C15H19N7O. The summed E-state index contributed by atoms with van der Waals surface area (Å²) in [5, 5.41) is 14.1. The van der Waals surface area contributed by atoms with Crippen LogP contribution in [-0.4, -0.2) is 81.2 Å². The Hall–Kier alpha value is -2.32. The summed E-state index contributed by atoms with van der Waals surface area (Å²) in [7, 11) is 0. The third-order valence-electron chi connectivity index (χ3n) is 4.61. The van der Waals surface area contributed by atoms with E-state index < -0.39 is 0 Å². The highest BCUT2D eigenvalue weighted by Crippen LogP contribution is 2.15. The van der Waals surface area contributed by atoms with Crippen LogP contribution in [0.2, 0.25) is 0 Å². The van der Waals surface area contributed by atoms with Gasteiger partial charge in [-0.2, -0.15) is 0 Å². The lowest BCUT2D eigenvalue weighted by Crippen LogP contribution is -2.63. The number of carbonyl (C=O) groups is 1. The SMILES string of the molecule is O=C(NCC1CN2CCN1CC2)c1cccc(-n2cnnn2)c1. The van der Waals surface area contributed by atoms with E-state index in [9.17, 15) is 4.79 Å². The van der Waals surface area contributed by atoms with Crippen LogP contribution in [0, 0.1) is 0 Å². The van der Waals surface area contributed by atoms with Gasteiger partial charge in [0.1, 0.15) is 6.33 Å². The fourth-order valence-corrected chi connectivity index (χ4v) is 3.30. The van der Waals surface area contributed by atoms with Crippen molar-refractivity contribution < 1.29 is 4.79 Å². The molecule has 3 saturated heterocycles. The van der Waals surface area contributed by atoms with Crippen molar-refractivity contribution in [2.45, 2.75) is 6.04 Å². The van der Waals surface area contributed by atoms with Gasteiger partial charge in [0.25, 0.3) is 5.91 Å². The first-order chi connectivity index (χ1) is 11.3. The summed E-state index contributed by atoms with van der Waals surface area (Å²) in [4.78, 5) is 17.3. The first kappa shape index (κ1) is 14.3. The van der Waals surface area contributed by atoms with Gasteiger partial charge in [0.2, 0.25) is 0 Å². The molecule has 0 aliphatic carbocycles. The molecule has 1 atom stereocenters. The number of hydrogen-bond acceptors (Lipinski definition) is 6. The van der Waals surface area contributed by atoms with Gasteiger partial charge in [0, 0.05) is 50.9 Å². The third-order valence-corrected chi connectivity index (χ3v) is 4.61. The highest BCUT2D eigenvalue weighted by atomic mass is 16.1. The first-order valence-electron chi connectivity index (χ1n) is 7.87. The summed E-state index contributed by atoms with van der Waals surface area (Å²) in [5.74, 6) is -0.0578. The Labute approximate surface area is 134 Å². The molecule has 1 aromatic carbocycles. The third kappa shape index (κ3) is 2.95. The van der Waals surface area contributed by atoms with E-state index in [1.807, 2.05) is 12.1 Å². The predicted octanol–water partition coefficient (Wildman–Crippen LogP) is -0.608. The van der Waals surface area contributed by atoms with Crippen LogP contribution in [0.25, 0.3) is 5.69 Å². The van der Waals surface area contributed by atoms with E-state index in [0.29, 0.717) is 18.2 Å². The molecule has 2 aromatic rings. The number of amides is 1. The second-order valence-electron chi connectivity index (χ2n) is 6.01. The monoisotopic (exact) mass is 313 g/mol. The number of aromatic nitrogens is 4. The zero-order chi connectivity index (χ0) is 15.6. The zero-order valence-electron chi connectivity index (χ0n) is 12.8. The highest BCUT2D eigenvalue weighted by molar-refractivity contribution is 5.94. The molecule has 0 radical (unpaired) electrons. The molecule has 8 nitrogen and oxygen atoms in total. The molecule has 5 rings (SSSR count). The van der Waals surface area contributed by atoms with Crippen molar-refractivity contribution in [3.05, 3.63) is 36.2 Å². The molecule has 2 bridgehead atoms. The van der Waals surface area contributed by atoms with Crippen molar-refractivity contribution in [2.75, 3.05) is 39.3 Å². The number of piperazine rings is 3. The second kappa shape index (κ2) is 6.05. The fraction of sp³-hybridized carbons (Fsp3) is 0.467. The maximum absolute atomic E-state index is 12.4. The normalized spacial score (nSPS) is 26.2. The smallest absolute Gasteiger partial charge is 0.251 e. The van der Waals surface area contributed by atoms with Gasteiger partial charge in [0.15, 0.2) is 0 Å². The number of nitrogens with one attached hydrogen (secondary N) is 1. The Morgan fingerprint density at radius 3 is 2.83 bits per heavy atom. The Balaban J connectivity index is 1.40. The topological polar surface area (TPSA) is 79.2 Å². The van der Waals surface area contributed by atoms with Gasteiger partial charge < -0.3 is 5.32 Å². The predicted molar refractivity (Wildman–Crippen MR) is 83.3 cm³/mol. The Morgan fingerprint density at radius 1 is 1.26 bits per heavy atom. The summed E-state index contributed by atoms with van der Waals surface area (Å²) in [6, 6.07) is 7.72. The van der Waals surface area contributed by atoms with Gasteiger partial charge in [-0.3, -0.25) is 14.6 Å². The summed E-state index contributed by atoms with van der Waals surface area (Å²) in [6.45, 7) is 6.25. The van der Waals surface area contributed by atoms with E-state index in [1.54, 1.807) is 12.1 Å². The van der Waals surface area contributed by atoms with Crippen molar-refractivity contribution in [1.29, 1.82) is 0 Å². The molecular weight excluding hydrogens is 294 g/mol. The maximum atomic E-state index is 12.4. The minimum absolute atomic E-state index is 0.0578. The molecule has 1 amide bonds. The van der Waals surface area contributed by atoms with Crippen molar-refractivity contribution in [1.82, 2.24) is 35.3 Å². The standard InChI is InChI=1S/C15H19N7O/c23-15(16-9-14-10-20-4-6-21(14)7-5-20)12-2-1-3-13(8-12)22-11-17-18-19-22/h1-3,8,11,14H,4-7,9-10H2,(H,16,23). The number of carbonyl (C=O) groups excluding carboxylic acids is 1. The van der Waals surface area contributed by atoms with Crippen LogP contribution in [0.15, 0.2) is 30.6 Å². The van der Waals surface area contributed by atoms with Gasteiger partial charge in [0.05, 0.1) is 5.69 Å². The van der Waals surface area contributed by atoms with Gasteiger partial charge in [-0.15, -0.1) is 5.10 Å². The lowest BCUT2D eigenvalue weighted by Gasteiger charge is -2.47. The fourth-order valence-electron chi connectivity index (χ4n) is 3.30. The number of benzene rings is 1. The van der Waals surface area contributed by atoms with E-state index in [-0.39, 0.29) is 5.91 Å². The first-order valence-corrected chi connectivity index (χ1v) is 7.87. The number of nitrogens with zero attached hydrogens (tertiary/aromatic N) is 6. The van der Waals surface area contributed by atoms with Crippen LogP contribution in [0.5, 0.6) is 0 Å². The second-order valence-corrected chi connectivity index (χ2v) is 6.01. The van der Waals surface area contributed by atoms with Crippen LogP contribution in [-0.2, 0) is 0 Å². The number of tetrazole rings is 1. The van der Waals surface area contributed by atoms with E-state index in [1.165, 1.54) is 11.0 Å². The molecule has 1 aromatic heterocycles. The van der Waals surface area contributed by atoms with Crippen molar-refractivity contribution in [3.63, 3.8) is 0 Å². The molecule has 0 spiro atoms. The molecule has 23 heavy (non-hydrogen) atoms. The summed E-state index contributed by atoms with van der Waals surface area (Å²) < 4.78 is 1.54. The molecule has 4 heterocycles. The van der Waals surface area contributed by atoms with Gasteiger partial charge in [-0.25, -0.2) is 4.68 Å². The lowest BCUT2D eigenvalue weighted by atomic mass is 10.1. The number of fused-ring (bicyclic) bond motifs is 3. The molecule has 3 fully saturated rings. The van der Waals surface area contributed by atoms with E-state index in [2.05, 4.69) is 30.6 Å². The average Bonchev–Trinajstić information content (AvgIpc) is 3.15. The van der Waals surface area contributed by atoms with Crippen molar-refractivity contribution in [2.24, 2.45) is 0 Å². The van der Waals surface area contributed by atoms with Gasteiger partial charge >= 0.3 is 0 Å². The average molecular weight is 313 g/mol. The molecule has 8 heteroatoms. The van der Waals surface area contributed by atoms with Crippen molar-refractivity contribution in [3.8, 4) is 5.69 Å². The van der Waals surface area contributed by atoms with Crippen LogP contribution < -0.4 is 5.32 Å².